The van der Waals surface area contributed by atoms with Gasteiger partial charge in [-0.15, -0.1) is 0 Å². The van der Waals surface area contributed by atoms with Crippen LogP contribution in [-0.2, 0) is 17.9 Å². The Morgan fingerprint density at radius 1 is 1.11 bits per heavy atom. The average molecular weight is 256 g/mol. The van der Waals surface area contributed by atoms with Gasteiger partial charge >= 0.3 is 0 Å². The summed E-state index contributed by atoms with van der Waals surface area (Å²) in [6, 6.07) is 9.48. The van der Waals surface area contributed by atoms with Gasteiger partial charge in [-0.2, -0.15) is 0 Å². The summed E-state index contributed by atoms with van der Waals surface area (Å²) in [6.07, 6.45) is 5.18. The molecule has 0 spiro atoms. The number of rotatable bonds is 6. The summed E-state index contributed by atoms with van der Waals surface area (Å²) in [7, 11) is 0. The van der Waals surface area contributed by atoms with Crippen molar-refractivity contribution in [1.82, 2.24) is 20.6 Å². The molecule has 0 aliphatic rings. The van der Waals surface area contributed by atoms with Crippen molar-refractivity contribution in [2.45, 2.75) is 13.1 Å². The molecule has 0 unspecified atom stereocenters. The predicted octanol–water partition coefficient (Wildman–Crippen LogP) is 0.883. The molecule has 5 heteroatoms. The van der Waals surface area contributed by atoms with Gasteiger partial charge in [0.15, 0.2) is 0 Å². The molecule has 0 aliphatic heterocycles. The molecule has 1 amide bonds. The number of nitrogens with one attached hydrogen (secondary N) is 2. The van der Waals surface area contributed by atoms with Gasteiger partial charge < -0.3 is 10.6 Å². The summed E-state index contributed by atoms with van der Waals surface area (Å²) >= 11 is 0. The third-order valence-electron chi connectivity index (χ3n) is 2.53. The lowest BCUT2D eigenvalue weighted by molar-refractivity contribution is -0.120. The maximum atomic E-state index is 11.6. The average Bonchev–Trinajstić information content (AvgIpc) is 2.47. The molecule has 0 fully saturated rings. The molecule has 0 aromatic carbocycles. The Morgan fingerprint density at radius 3 is 2.79 bits per heavy atom. The number of nitrogens with zero attached hydrogens (tertiary/aromatic N) is 2. The molecule has 19 heavy (non-hydrogen) atoms. The van der Waals surface area contributed by atoms with E-state index in [-0.39, 0.29) is 12.5 Å². The number of amides is 1. The summed E-state index contributed by atoms with van der Waals surface area (Å²) in [5.74, 6) is -0.0419. The van der Waals surface area contributed by atoms with E-state index in [1.807, 2.05) is 30.3 Å². The Labute approximate surface area is 112 Å². The van der Waals surface area contributed by atoms with Crippen molar-refractivity contribution in [2.24, 2.45) is 0 Å². The Bertz CT molecular complexity index is 501. The zero-order valence-corrected chi connectivity index (χ0v) is 10.5. The van der Waals surface area contributed by atoms with Gasteiger partial charge in [-0.25, -0.2) is 0 Å². The van der Waals surface area contributed by atoms with E-state index >= 15 is 0 Å². The van der Waals surface area contributed by atoms with Crippen molar-refractivity contribution in [3.8, 4) is 0 Å². The van der Waals surface area contributed by atoms with Crippen molar-refractivity contribution >= 4 is 5.91 Å². The van der Waals surface area contributed by atoms with Crippen LogP contribution in [0.1, 0.15) is 11.3 Å². The third-order valence-corrected chi connectivity index (χ3v) is 2.53. The van der Waals surface area contributed by atoms with Gasteiger partial charge in [0.1, 0.15) is 0 Å². The first kappa shape index (κ1) is 13.2. The van der Waals surface area contributed by atoms with Crippen molar-refractivity contribution in [2.75, 3.05) is 6.54 Å². The number of hydrogen-bond acceptors (Lipinski definition) is 4. The fourth-order valence-electron chi connectivity index (χ4n) is 1.57. The monoisotopic (exact) mass is 256 g/mol. The lowest BCUT2D eigenvalue weighted by Crippen LogP contribution is -2.33. The summed E-state index contributed by atoms with van der Waals surface area (Å²) in [5, 5.41) is 5.87. The fourth-order valence-corrected chi connectivity index (χ4v) is 1.57. The van der Waals surface area contributed by atoms with Gasteiger partial charge in [0.25, 0.3) is 0 Å². The molecule has 2 N–H and O–H groups in total. The standard InChI is InChI=1S/C14H16N4O/c19-14(18-9-12-4-3-6-15-8-12)11-16-10-13-5-1-2-7-17-13/h1-8,16H,9-11H2,(H,18,19). The first-order chi connectivity index (χ1) is 9.34. The lowest BCUT2D eigenvalue weighted by atomic mass is 10.3. The van der Waals surface area contributed by atoms with Crippen molar-refractivity contribution in [1.29, 1.82) is 0 Å². The summed E-state index contributed by atoms with van der Waals surface area (Å²) < 4.78 is 0. The van der Waals surface area contributed by atoms with Crippen LogP contribution in [0.4, 0.5) is 0 Å². The minimum atomic E-state index is -0.0419. The van der Waals surface area contributed by atoms with E-state index in [0.29, 0.717) is 13.1 Å². The molecule has 2 rings (SSSR count). The maximum absolute atomic E-state index is 11.6. The lowest BCUT2D eigenvalue weighted by Gasteiger charge is -2.06. The van der Waals surface area contributed by atoms with Gasteiger partial charge in [0, 0.05) is 31.7 Å². The summed E-state index contributed by atoms with van der Waals surface area (Å²) in [6.45, 7) is 1.36. The van der Waals surface area contributed by atoms with Gasteiger partial charge in [-0.1, -0.05) is 12.1 Å². The van der Waals surface area contributed by atoms with Crippen LogP contribution in [0.25, 0.3) is 0 Å². The normalized spacial score (nSPS) is 10.1. The van der Waals surface area contributed by atoms with E-state index in [9.17, 15) is 4.79 Å². The Balaban J connectivity index is 1.65. The molecular weight excluding hydrogens is 240 g/mol. The number of carbonyl (C=O) groups is 1. The van der Waals surface area contributed by atoms with Gasteiger partial charge in [0.2, 0.25) is 5.91 Å². The van der Waals surface area contributed by atoms with Crippen LogP contribution in [0.2, 0.25) is 0 Å². The van der Waals surface area contributed by atoms with E-state index in [4.69, 9.17) is 0 Å². The smallest absolute Gasteiger partial charge is 0.234 e. The van der Waals surface area contributed by atoms with Gasteiger partial charge in [-0.3, -0.25) is 14.8 Å². The highest BCUT2D eigenvalue weighted by Gasteiger charge is 2.01. The van der Waals surface area contributed by atoms with Crippen LogP contribution in [0.5, 0.6) is 0 Å². The van der Waals surface area contributed by atoms with Crippen LogP contribution in [0.15, 0.2) is 48.9 Å². The maximum Gasteiger partial charge on any atom is 0.234 e. The van der Waals surface area contributed by atoms with E-state index in [0.717, 1.165) is 11.3 Å². The Morgan fingerprint density at radius 2 is 2.05 bits per heavy atom. The molecule has 0 radical (unpaired) electrons. The number of carbonyl (C=O) groups excluding carboxylic acids is 1. The second-order valence-corrected chi connectivity index (χ2v) is 4.06. The molecule has 98 valence electrons. The van der Waals surface area contributed by atoms with Crippen LogP contribution in [0.3, 0.4) is 0 Å². The molecule has 2 heterocycles. The molecule has 2 aromatic heterocycles. The van der Waals surface area contributed by atoms with Gasteiger partial charge in [0.05, 0.1) is 12.2 Å². The SMILES string of the molecule is O=C(CNCc1ccccn1)NCc1cccnc1. The molecule has 0 bridgehead atoms. The highest BCUT2D eigenvalue weighted by atomic mass is 16.1. The number of aromatic nitrogens is 2. The fraction of sp³-hybridized carbons (Fsp3) is 0.214. The topological polar surface area (TPSA) is 66.9 Å². The van der Waals surface area contributed by atoms with E-state index in [2.05, 4.69) is 20.6 Å². The predicted molar refractivity (Wildman–Crippen MR) is 72.0 cm³/mol. The highest BCUT2D eigenvalue weighted by Crippen LogP contribution is 1.94. The first-order valence-electron chi connectivity index (χ1n) is 6.11. The number of pyridine rings is 2. The molecule has 0 saturated heterocycles. The minimum absolute atomic E-state index is 0.0419. The Kier molecular flexibility index (Phi) is 5.01. The summed E-state index contributed by atoms with van der Waals surface area (Å²) in [4.78, 5) is 19.7. The third kappa shape index (κ3) is 4.85. The zero-order valence-electron chi connectivity index (χ0n) is 10.5. The molecule has 5 nitrogen and oxygen atoms in total. The van der Waals surface area contributed by atoms with Crippen molar-refractivity contribution < 1.29 is 4.79 Å². The Hall–Kier alpha value is -2.27. The van der Waals surface area contributed by atoms with Crippen LogP contribution >= 0.6 is 0 Å². The molecule has 0 aliphatic carbocycles. The van der Waals surface area contributed by atoms with Crippen LogP contribution in [0, 0.1) is 0 Å². The largest absolute Gasteiger partial charge is 0.351 e. The quantitative estimate of drug-likeness (QED) is 0.805. The second-order valence-electron chi connectivity index (χ2n) is 4.06. The summed E-state index contributed by atoms with van der Waals surface area (Å²) in [5.41, 5.74) is 1.91. The van der Waals surface area contributed by atoms with E-state index < -0.39 is 0 Å². The zero-order chi connectivity index (χ0) is 13.3. The highest BCUT2D eigenvalue weighted by molar-refractivity contribution is 5.77. The van der Waals surface area contributed by atoms with Crippen LogP contribution in [-0.4, -0.2) is 22.4 Å². The van der Waals surface area contributed by atoms with Crippen molar-refractivity contribution in [3.05, 3.63) is 60.2 Å². The molecular formula is C14H16N4O. The van der Waals surface area contributed by atoms with Crippen LogP contribution < -0.4 is 10.6 Å². The minimum Gasteiger partial charge on any atom is -0.351 e. The van der Waals surface area contributed by atoms with Gasteiger partial charge in [-0.05, 0) is 23.8 Å². The number of hydrogen-bond donors (Lipinski definition) is 2. The van der Waals surface area contributed by atoms with Crippen molar-refractivity contribution in [3.63, 3.8) is 0 Å². The molecule has 0 saturated carbocycles. The van der Waals surface area contributed by atoms with E-state index in [1.54, 1.807) is 18.6 Å². The molecule has 0 atom stereocenters. The molecule has 2 aromatic rings. The first-order valence-corrected chi connectivity index (χ1v) is 6.11. The second kappa shape index (κ2) is 7.23. The van der Waals surface area contributed by atoms with E-state index in [1.165, 1.54) is 0 Å².